The van der Waals surface area contributed by atoms with Crippen molar-refractivity contribution in [2.24, 2.45) is 0 Å². The van der Waals surface area contributed by atoms with Crippen LogP contribution in [0.4, 0.5) is 22.0 Å². The zero-order valence-electron chi connectivity index (χ0n) is 29.2. The number of ether oxygens (including phenoxy) is 3. The lowest BCUT2D eigenvalue weighted by molar-refractivity contribution is -0.133. The maximum atomic E-state index is 14.9. The highest BCUT2D eigenvalue weighted by atomic mass is 32.2. The van der Waals surface area contributed by atoms with Gasteiger partial charge in [0, 0.05) is 29.5 Å². The summed E-state index contributed by atoms with van der Waals surface area (Å²) < 4.78 is 44.0. The molecule has 50 heavy (non-hydrogen) atoms. The van der Waals surface area contributed by atoms with Crippen LogP contribution in [0.3, 0.4) is 0 Å². The number of aromatic nitrogens is 1. The first-order valence-electron chi connectivity index (χ1n) is 16.7. The van der Waals surface area contributed by atoms with Crippen molar-refractivity contribution in [3.05, 3.63) is 78.0 Å². The molecule has 0 unspecified atom stereocenters. The molecule has 266 valence electrons. The second-order valence-electron chi connectivity index (χ2n) is 12.7. The Hall–Kier alpha value is -5.04. The zero-order chi connectivity index (χ0) is 36.2. The number of rotatable bonds is 12. The van der Waals surface area contributed by atoms with Gasteiger partial charge in [0.15, 0.2) is 21.3 Å². The number of amides is 2. The average molecular weight is 704 g/mol. The van der Waals surface area contributed by atoms with Crippen molar-refractivity contribution in [3.63, 3.8) is 0 Å². The van der Waals surface area contributed by atoms with E-state index < -0.39 is 33.3 Å². The standard InChI is InChI=1S/C37H45N5O7S/c1-7-48-32-20-25(10-14-31(32)49-22(2)3)34(40-26-11-13-28-24(19-26)16-17-39-35(28)38)36(43)42-18-8-9-30(42)29-21-27(41-37(44)47-6)12-15-33(29)50(45,46)23(4)5/h10-17,19-23,30,34,40H,7-9,18H2,1-6H3,(H2,38,39)(H,41,44)/t30-,34+/m1/s1. The van der Waals surface area contributed by atoms with Gasteiger partial charge in [0.2, 0.25) is 5.91 Å². The quantitative estimate of drug-likeness (QED) is 0.142. The highest BCUT2D eigenvalue weighted by molar-refractivity contribution is 7.92. The number of hydrogen-bond donors (Lipinski definition) is 3. The van der Waals surface area contributed by atoms with Crippen molar-refractivity contribution in [1.29, 1.82) is 0 Å². The Morgan fingerprint density at radius 3 is 2.46 bits per heavy atom. The zero-order valence-corrected chi connectivity index (χ0v) is 30.0. The lowest BCUT2D eigenvalue weighted by atomic mass is 10.00. The molecular formula is C37H45N5O7S. The molecular weight excluding hydrogens is 659 g/mol. The summed E-state index contributed by atoms with van der Waals surface area (Å²) in [6, 6.07) is 16.0. The lowest BCUT2D eigenvalue weighted by Gasteiger charge is -2.32. The molecule has 1 aliphatic heterocycles. The van der Waals surface area contributed by atoms with Crippen LogP contribution >= 0.6 is 0 Å². The molecule has 1 aliphatic rings. The van der Waals surface area contributed by atoms with E-state index in [0.29, 0.717) is 65.8 Å². The van der Waals surface area contributed by atoms with Crippen LogP contribution in [0.2, 0.25) is 0 Å². The number of anilines is 3. The Labute approximate surface area is 293 Å². The number of carbonyl (C=O) groups excluding carboxylic acids is 2. The minimum absolute atomic E-state index is 0.0961. The van der Waals surface area contributed by atoms with Crippen LogP contribution < -0.4 is 25.8 Å². The van der Waals surface area contributed by atoms with Gasteiger partial charge in [-0.2, -0.15) is 0 Å². The van der Waals surface area contributed by atoms with Crippen LogP contribution in [0.15, 0.2) is 71.8 Å². The van der Waals surface area contributed by atoms with Crippen molar-refractivity contribution in [3.8, 4) is 11.5 Å². The van der Waals surface area contributed by atoms with Crippen molar-refractivity contribution in [1.82, 2.24) is 9.88 Å². The molecule has 2 atom stereocenters. The van der Waals surface area contributed by atoms with E-state index in [9.17, 15) is 18.0 Å². The highest BCUT2D eigenvalue weighted by Crippen LogP contribution is 2.41. The molecule has 12 nitrogen and oxygen atoms in total. The van der Waals surface area contributed by atoms with Gasteiger partial charge in [-0.3, -0.25) is 10.1 Å². The Morgan fingerprint density at radius 2 is 1.76 bits per heavy atom. The van der Waals surface area contributed by atoms with Crippen molar-refractivity contribution in [2.75, 3.05) is 36.6 Å². The number of nitrogens with zero attached hydrogens (tertiary/aromatic N) is 2. The predicted molar refractivity (Wildman–Crippen MR) is 194 cm³/mol. The number of pyridine rings is 1. The van der Waals surface area contributed by atoms with Gasteiger partial charge >= 0.3 is 6.09 Å². The van der Waals surface area contributed by atoms with Gasteiger partial charge in [-0.15, -0.1) is 0 Å². The number of likely N-dealkylation sites (tertiary alicyclic amines) is 1. The molecule has 1 saturated heterocycles. The molecule has 0 radical (unpaired) electrons. The largest absolute Gasteiger partial charge is 0.490 e. The van der Waals surface area contributed by atoms with Crippen LogP contribution in [-0.2, 0) is 19.4 Å². The fourth-order valence-corrected chi connectivity index (χ4v) is 7.45. The van der Waals surface area contributed by atoms with Crippen LogP contribution in [0.1, 0.15) is 70.7 Å². The molecule has 0 saturated carbocycles. The summed E-state index contributed by atoms with van der Waals surface area (Å²) in [6.07, 6.45) is 2.01. The molecule has 13 heteroatoms. The predicted octanol–water partition coefficient (Wildman–Crippen LogP) is 6.88. The van der Waals surface area contributed by atoms with E-state index >= 15 is 0 Å². The van der Waals surface area contributed by atoms with E-state index in [-0.39, 0.29) is 16.9 Å². The molecule has 4 N–H and O–H groups in total. The summed E-state index contributed by atoms with van der Waals surface area (Å²) in [4.78, 5) is 33.0. The monoisotopic (exact) mass is 703 g/mol. The maximum absolute atomic E-state index is 14.9. The second-order valence-corrected chi connectivity index (χ2v) is 15.1. The molecule has 5 rings (SSSR count). The molecule has 0 bridgehead atoms. The SMILES string of the molecule is CCOc1cc([C@H](Nc2ccc3c(N)nccc3c2)C(=O)N2CCC[C@@H]2c2cc(NC(=O)OC)ccc2S(=O)(=O)C(C)C)ccc1OC(C)C. The molecule has 4 aromatic rings. The average Bonchev–Trinajstić information content (AvgIpc) is 3.57. The summed E-state index contributed by atoms with van der Waals surface area (Å²) in [7, 11) is -2.51. The third kappa shape index (κ3) is 7.72. The Bertz CT molecular complexity index is 1980. The number of nitrogen functional groups attached to an aromatic ring is 1. The number of hydrogen-bond acceptors (Lipinski definition) is 10. The van der Waals surface area contributed by atoms with Crippen molar-refractivity contribution < 1.29 is 32.2 Å². The molecule has 3 aromatic carbocycles. The number of nitrogens with two attached hydrogens (primary N) is 1. The summed E-state index contributed by atoms with van der Waals surface area (Å²) >= 11 is 0. The number of methoxy groups -OCH3 is 1. The van der Waals surface area contributed by atoms with E-state index in [1.165, 1.54) is 19.2 Å². The van der Waals surface area contributed by atoms with Gasteiger partial charge in [-0.05, 0) is 119 Å². The van der Waals surface area contributed by atoms with Gasteiger partial charge < -0.3 is 30.2 Å². The Morgan fingerprint density at radius 1 is 1.00 bits per heavy atom. The number of nitrogens with one attached hydrogen (secondary N) is 2. The molecule has 1 fully saturated rings. The minimum atomic E-state index is -3.76. The maximum Gasteiger partial charge on any atom is 0.411 e. The second kappa shape index (κ2) is 15.2. The number of fused-ring (bicyclic) bond motifs is 1. The van der Waals surface area contributed by atoms with Gasteiger partial charge in [0.05, 0.1) is 36.0 Å². The molecule has 0 aliphatic carbocycles. The number of carbonyl (C=O) groups is 2. The highest BCUT2D eigenvalue weighted by Gasteiger charge is 2.38. The first-order valence-corrected chi connectivity index (χ1v) is 18.3. The molecule has 2 heterocycles. The van der Waals surface area contributed by atoms with Gasteiger partial charge in [-0.1, -0.05) is 6.07 Å². The number of sulfone groups is 1. The number of benzene rings is 3. The van der Waals surface area contributed by atoms with Crippen molar-refractivity contribution >= 4 is 49.8 Å². The minimum Gasteiger partial charge on any atom is -0.490 e. The van der Waals surface area contributed by atoms with Gasteiger partial charge in [-0.25, -0.2) is 18.2 Å². The smallest absolute Gasteiger partial charge is 0.411 e. The van der Waals surface area contributed by atoms with Crippen LogP contribution in [0.25, 0.3) is 10.8 Å². The van der Waals surface area contributed by atoms with Crippen LogP contribution in [0.5, 0.6) is 11.5 Å². The Kier molecular flexibility index (Phi) is 11.0. The third-order valence-corrected chi connectivity index (χ3v) is 10.8. The van der Waals surface area contributed by atoms with E-state index in [0.717, 1.165) is 10.8 Å². The summed E-state index contributed by atoms with van der Waals surface area (Å²) in [6.45, 7) is 9.75. The van der Waals surface area contributed by atoms with Gasteiger partial charge in [0.1, 0.15) is 11.9 Å². The lowest BCUT2D eigenvalue weighted by Crippen LogP contribution is -2.38. The topological polar surface area (TPSA) is 162 Å². The van der Waals surface area contributed by atoms with Gasteiger partial charge in [0.25, 0.3) is 0 Å². The summed E-state index contributed by atoms with van der Waals surface area (Å²) in [5.74, 6) is 1.20. The Balaban J connectivity index is 1.61. The molecule has 1 aromatic heterocycles. The summed E-state index contributed by atoms with van der Waals surface area (Å²) in [5.41, 5.74) is 8.20. The first-order chi connectivity index (χ1) is 23.8. The van der Waals surface area contributed by atoms with Crippen LogP contribution in [-0.4, -0.2) is 61.9 Å². The fraction of sp³-hybridized carbons (Fsp3) is 0.378. The molecule has 2 amide bonds. The summed E-state index contributed by atoms with van der Waals surface area (Å²) in [5, 5.41) is 7.01. The van der Waals surface area contributed by atoms with E-state index in [4.69, 9.17) is 19.9 Å². The van der Waals surface area contributed by atoms with E-state index in [2.05, 4.69) is 15.6 Å². The van der Waals surface area contributed by atoms with E-state index in [1.54, 1.807) is 43.1 Å². The normalized spacial score (nSPS) is 15.3. The van der Waals surface area contributed by atoms with E-state index in [1.807, 2.05) is 51.1 Å². The fourth-order valence-electron chi connectivity index (χ4n) is 6.16. The van der Waals surface area contributed by atoms with Crippen LogP contribution in [0, 0.1) is 0 Å². The molecule has 0 spiro atoms. The first kappa shape index (κ1) is 36.2. The third-order valence-electron chi connectivity index (χ3n) is 8.58. The van der Waals surface area contributed by atoms with Crippen molar-refractivity contribution in [2.45, 2.75) is 75.8 Å².